The van der Waals surface area contributed by atoms with Gasteiger partial charge in [-0.2, -0.15) is 0 Å². The molecule has 0 N–H and O–H groups in total. The lowest BCUT2D eigenvalue weighted by atomic mass is 10.4. The zero-order valence-electron chi connectivity index (χ0n) is 5.67. The highest BCUT2D eigenvalue weighted by Crippen LogP contribution is 2.04. The predicted molar refractivity (Wildman–Crippen MR) is 35.1 cm³/mol. The van der Waals surface area contributed by atoms with Crippen LogP contribution < -0.4 is 0 Å². The molecule has 1 heterocycles. The zero-order valence-corrected chi connectivity index (χ0v) is 5.67. The maximum Gasteiger partial charge on any atom is 0.177 e. The van der Waals surface area contributed by atoms with Crippen LogP contribution in [0.5, 0.6) is 0 Å². The highest BCUT2D eigenvalue weighted by molar-refractivity contribution is 4.85. The van der Waals surface area contributed by atoms with Gasteiger partial charge in [-0.05, 0) is 12.5 Å². The Hall–Kier alpha value is -0.340. The van der Waals surface area contributed by atoms with Gasteiger partial charge in [-0.3, -0.25) is 0 Å². The number of hydrogen-bond donors (Lipinski definition) is 0. The third kappa shape index (κ3) is 2.16. The Balaban J connectivity index is 2.18. The average molecular weight is 128 g/mol. The summed E-state index contributed by atoms with van der Waals surface area (Å²) in [7, 11) is 0. The van der Waals surface area contributed by atoms with Gasteiger partial charge in [-0.15, -0.1) is 0 Å². The van der Waals surface area contributed by atoms with Gasteiger partial charge in [0, 0.05) is 0 Å². The number of rotatable bonds is 2. The highest BCUT2D eigenvalue weighted by Gasteiger charge is 2.10. The standard InChI is InChI=1S/C7H12O2/c1-2-3-4-7-8-5-6-9-7/h3-4,7H,2,5-6H2,1H3/b4-3-. The van der Waals surface area contributed by atoms with Crippen LogP contribution in [0.15, 0.2) is 12.2 Å². The molecule has 0 aromatic rings. The third-order valence-electron chi connectivity index (χ3n) is 1.18. The van der Waals surface area contributed by atoms with Gasteiger partial charge >= 0.3 is 0 Å². The molecule has 1 aliphatic heterocycles. The van der Waals surface area contributed by atoms with Crippen molar-refractivity contribution in [3.05, 3.63) is 12.2 Å². The molecule has 0 saturated carbocycles. The van der Waals surface area contributed by atoms with Crippen molar-refractivity contribution in [2.45, 2.75) is 19.6 Å². The van der Waals surface area contributed by atoms with Crippen LogP contribution in [0, 0.1) is 0 Å². The minimum atomic E-state index is -0.0649. The minimum Gasteiger partial charge on any atom is -0.347 e. The number of hydrogen-bond acceptors (Lipinski definition) is 2. The fourth-order valence-electron chi connectivity index (χ4n) is 0.735. The van der Waals surface area contributed by atoms with Gasteiger partial charge in [-0.1, -0.05) is 13.0 Å². The molecule has 0 atom stereocenters. The Morgan fingerprint density at radius 3 is 2.67 bits per heavy atom. The molecule has 52 valence electrons. The van der Waals surface area contributed by atoms with E-state index in [1.54, 1.807) is 0 Å². The summed E-state index contributed by atoms with van der Waals surface area (Å²) in [5, 5.41) is 0. The molecule has 1 fully saturated rings. The van der Waals surface area contributed by atoms with Crippen molar-refractivity contribution in [1.82, 2.24) is 0 Å². The number of allylic oxidation sites excluding steroid dienone is 1. The Kier molecular flexibility index (Phi) is 2.74. The summed E-state index contributed by atoms with van der Waals surface area (Å²) in [5.74, 6) is 0. The summed E-state index contributed by atoms with van der Waals surface area (Å²) in [4.78, 5) is 0. The van der Waals surface area contributed by atoms with E-state index in [1.165, 1.54) is 0 Å². The molecule has 0 aliphatic carbocycles. The second kappa shape index (κ2) is 3.64. The van der Waals surface area contributed by atoms with Crippen LogP contribution >= 0.6 is 0 Å². The summed E-state index contributed by atoms with van der Waals surface area (Å²) in [6, 6.07) is 0. The van der Waals surface area contributed by atoms with Crippen LogP contribution in [0.4, 0.5) is 0 Å². The largest absolute Gasteiger partial charge is 0.347 e. The van der Waals surface area contributed by atoms with E-state index in [0.29, 0.717) is 0 Å². The van der Waals surface area contributed by atoms with E-state index in [-0.39, 0.29) is 6.29 Å². The number of ether oxygens (including phenoxy) is 2. The van der Waals surface area contributed by atoms with E-state index in [1.807, 2.05) is 6.08 Å². The molecule has 2 nitrogen and oxygen atoms in total. The molecule has 9 heavy (non-hydrogen) atoms. The van der Waals surface area contributed by atoms with Crippen molar-refractivity contribution in [2.75, 3.05) is 13.2 Å². The van der Waals surface area contributed by atoms with E-state index in [2.05, 4.69) is 13.0 Å². The molecule has 0 bridgehead atoms. The van der Waals surface area contributed by atoms with Gasteiger partial charge in [0.05, 0.1) is 13.2 Å². The average Bonchev–Trinajstić information content (AvgIpc) is 2.34. The van der Waals surface area contributed by atoms with Gasteiger partial charge in [0.25, 0.3) is 0 Å². The smallest absolute Gasteiger partial charge is 0.177 e. The second-order valence-corrected chi connectivity index (χ2v) is 1.95. The molecule has 1 saturated heterocycles. The molecule has 1 rings (SSSR count). The minimum absolute atomic E-state index is 0.0649. The quantitative estimate of drug-likeness (QED) is 0.522. The fraction of sp³-hybridized carbons (Fsp3) is 0.714. The Bertz CT molecular complexity index is 93.1. The molecule has 0 radical (unpaired) electrons. The van der Waals surface area contributed by atoms with Crippen LogP contribution in [0.3, 0.4) is 0 Å². The molecule has 0 aromatic heterocycles. The predicted octanol–water partition coefficient (Wildman–Crippen LogP) is 1.33. The lowest BCUT2D eigenvalue weighted by Gasteiger charge is -1.99. The first kappa shape index (κ1) is 6.78. The summed E-state index contributed by atoms with van der Waals surface area (Å²) < 4.78 is 10.3. The van der Waals surface area contributed by atoms with Gasteiger partial charge in [-0.25, -0.2) is 0 Å². The Morgan fingerprint density at radius 2 is 2.11 bits per heavy atom. The van der Waals surface area contributed by atoms with Crippen LogP contribution in [-0.4, -0.2) is 19.5 Å². The first-order valence-corrected chi connectivity index (χ1v) is 3.33. The van der Waals surface area contributed by atoms with Crippen LogP contribution in [0.2, 0.25) is 0 Å². The van der Waals surface area contributed by atoms with Gasteiger partial charge < -0.3 is 9.47 Å². The summed E-state index contributed by atoms with van der Waals surface area (Å²) in [6.45, 7) is 3.56. The van der Waals surface area contributed by atoms with Crippen LogP contribution in [0.25, 0.3) is 0 Å². The lowest BCUT2D eigenvalue weighted by molar-refractivity contribution is -0.00171. The van der Waals surface area contributed by atoms with Crippen molar-refractivity contribution < 1.29 is 9.47 Å². The fourth-order valence-corrected chi connectivity index (χ4v) is 0.735. The molecule has 0 spiro atoms. The summed E-state index contributed by atoms with van der Waals surface area (Å²) >= 11 is 0. The molecule has 0 aromatic carbocycles. The van der Waals surface area contributed by atoms with Crippen molar-refractivity contribution in [1.29, 1.82) is 0 Å². The van der Waals surface area contributed by atoms with E-state index in [0.717, 1.165) is 19.6 Å². The molecular weight excluding hydrogens is 116 g/mol. The first-order chi connectivity index (χ1) is 4.43. The summed E-state index contributed by atoms with van der Waals surface area (Å²) in [6.07, 6.45) is 4.98. The van der Waals surface area contributed by atoms with E-state index in [4.69, 9.17) is 9.47 Å². The van der Waals surface area contributed by atoms with Gasteiger partial charge in [0.15, 0.2) is 6.29 Å². The Morgan fingerprint density at radius 1 is 1.44 bits per heavy atom. The lowest BCUT2D eigenvalue weighted by Crippen LogP contribution is -2.01. The summed E-state index contributed by atoms with van der Waals surface area (Å²) in [5.41, 5.74) is 0. The molecular formula is C7H12O2. The molecule has 0 amide bonds. The second-order valence-electron chi connectivity index (χ2n) is 1.95. The van der Waals surface area contributed by atoms with Crippen LogP contribution in [-0.2, 0) is 9.47 Å². The highest BCUT2D eigenvalue weighted by atomic mass is 16.7. The topological polar surface area (TPSA) is 18.5 Å². The maximum absolute atomic E-state index is 5.15. The molecule has 0 unspecified atom stereocenters. The zero-order chi connectivity index (χ0) is 6.53. The normalized spacial score (nSPS) is 21.9. The van der Waals surface area contributed by atoms with Crippen molar-refractivity contribution in [3.8, 4) is 0 Å². The van der Waals surface area contributed by atoms with E-state index in [9.17, 15) is 0 Å². The monoisotopic (exact) mass is 128 g/mol. The van der Waals surface area contributed by atoms with Gasteiger partial charge in [0.2, 0.25) is 0 Å². The van der Waals surface area contributed by atoms with Crippen molar-refractivity contribution in [2.24, 2.45) is 0 Å². The first-order valence-electron chi connectivity index (χ1n) is 3.33. The maximum atomic E-state index is 5.15. The van der Waals surface area contributed by atoms with Crippen molar-refractivity contribution in [3.63, 3.8) is 0 Å². The van der Waals surface area contributed by atoms with Crippen molar-refractivity contribution >= 4 is 0 Å². The van der Waals surface area contributed by atoms with E-state index < -0.39 is 0 Å². The molecule has 1 aliphatic rings. The SMILES string of the molecule is CC/C=C\C1OCCO1. The van der Waals surface area contributed by atoms with E-state index >= 15 is 0 Å². The Labute approximate surface area is 55.5 Å². The van der Waals surface area contributed by atoms with Crippen LogP contribution in [0.1, 0.15) is 13.3 Å². The molecule has 2 heteroatoms. The van der Waals surface area contributed by atoms with Gasteiger partial charge in [0.1, 0.15) is 0 Å². The third-order valence-corrected chi connectivity index (χ3v) is 1.18.